The summed E-state index contributed by atoms with van der Waals surface area (Å²) in [5.74, 6) is 1.11. The van der Waals surface area contributed by atoms with E-state index in [4.69, 9.17) is 4.99 Å². The average Bonchev–Trinajstić information content (AvgIpc) is 2.91. The number of hydrogen-bond acceptors (Lipinski definition) is 5. The van der Waals surface area contributed by atoms with Crippen molar-refractivity contribution in [2.24, 2.45) is 4.99 Å². The summed E-state index contributed by atoms with van der Waals surface area (Å²) in [6, 6.07) is 6.42. The molecule has 114 valence electrons. The van der Waals surface area contributed by atoms with Gasteiger partial charge in [-0.05, 0) is 31.7 Å². The second-order valence-electron chi connectivity index (χ2n) is 6.07. The van der Waals surface area contributed by atoms with Crippen molar-refractivity contribution in [3.8, 4) is 0 Å². The zero-order valence-corrected chi connectivity index (χ0v) is 13.8. The molecule has 4 rings (SSSR count). The number of nitrogens with one attached hydrogen (secondary N) is 1. The molecule has 1 N–H and O–H groups in total. The number of hydrogen-bond donors (Lipinski definition) is 1. The van der Waals surface area contributed by atoms with Crippen LogP contribution >= 0.6 is 11.3 Å². The number of likely N-dealkylation sites (N-methyl/N-ethyl adjacent to an activating group) is 1. The third-order valence-electron chi connectivity index (χ3n) is 4.35. The highest BCUT2D eigenvalue weighted by Crippen LogP contribution is 2.37. The highest BCUT2D eigenvalue weighted by Gasteiger charge is 2.24. The Morgan fingerprint density at radius 3 is 2.73 bits per heavy atom. The summed E-state index contributed by atoms with van der Waals surface area (Å²) in [6.07, 6.45) is 0. The fourth-order valence-corrected chi connectivity index (χ4v) is 3.74. The zero-order chi connectivity index (χ0) is 15.1. The van der Waals surface area contributed by atoms with Gasteiger partial charge in [0, 0.05) is 36.9 Å². The van der Waals surface area contributed by atoms with E-state index >= 15 is 0 Å². The first-order chi connectivity index (χ1) is 10.7. The van der Waals surface area contributed by atoms with Gasteiger partial charge in [-0.3, -0.25) is 0 Å². The summed E-state index contributed by atoms with van der Waals surface area (Å²) >= 11 is 1.73. The number of rotatable bonds is 0. The minimum atomic E-state index is 1.03. The highest BCUT2D eigenvalue weighted by molar-refractivity contribution is 7.08. The number of amidine groups is 1. The first kappa shape index (κ1) is 13.8. The van der Waals surface area contributed by atoms with E-state index in [9.17, 15) is 0 Å². The number of nitrogens with zero attached hydrogens (tertiary/aromatic N) is 3. The summed E-state index contributed by atoms with van der Waals surface area (Å²) in [6.45, 7) is 6.36. The van der Waals surface area contributed by atoms with Gasteiger partial charge in [0.2, 0.25) is 0 Å². The molecule has 0 radical (unpaired) electrons. The Hall–Kier alpha value is -1.85. The van der Waals surface area contributed by atoms with Gasteiger partial charge in [-0.1, -0.05) is 6.07 Å². The minimum Gasteiger partial charge on any atom is -0.353 e. The molecule has 0 amide bonds. The topological polar surface area (TPSA) is 30.9 Å². The van der Waals surface area contributed by atoms with E-state index in [0.29, 0.717) is 0 Å². The number of thiophene rings is 1. The lowest BCUT2D eigenvalue weighted by atomic mass is 10.2. The molecule has 0 spiro atoms. The second-order valence-corrected chi connectivity index (χ2v) is 6.81. The van der Waals surface area contributed by atoms with Crippen LogP contribution in [-0.2, 0) is 0 Å². The summed E-state index contributed by atoms with van der Waals surface area (Å²) in [5.41, 5.74) is 5.77. The van der Waals surface area contributed by atoms with Gasteiger partial charge in [0.15, 0.2) is 0 Å². The smallest absolute Gasteiger partial charge is 0.139 e. The Bertz CT molecular complexity index is 726. The van der Waals surface area contributed by atoms with Crippen molar-refractivity contribution in [2.45, 2.75) is 6.92 Å². The lowest BCUT2D eigenvalue weighted by molar-refractivity contribution is 0.216. The number of fused-ring (bicyclic) bond motifs is 2. The molecular formula is C17H20N4S. The van der Waals surface area contributed by atoms with Crippen molar-refractivity contribution in [2.75, 3.05) is 38.5 Å². The lowest BCUT2D eigenvalue weighted by Gasteiger charge is -2.34. The third kappa shape index (κ3) is 2.40. The van der Waals surface area contributed by atoms with Crippen molar-refractivity contribution in [3.05, 3.63) is 40.1 Å². The molecule has 1 saturated heterocycles. The minimum absolute atomic E-state index is 1.03. The normalized spacial score (nSPS) is 18.1. The molecule has 3 heterocycles. The van der Waals surface area contributed by atoms with E-state index < -0.39 is 0 Å². The second kappa shape index (κ2) is 5.41. The standard InChI is InChI=1S/C17H20N4S/c1-12-3-4-14-15(9-12)19-17(13-10-22-11-16(13)18-14)21-7-5-20(2)6-8-21/h3-4,9-11,18H,5-8H2,1-2H3. The molecule has 1 fully saturated rings. The van der Waals surface area contributed by atoms with E-state index in [1.165, 1.54) is 16.8 Å². The Labute approximate surface area is 135 Å². The summed E-state index contributed by atoms with van der Waals surface area (Å²) in [7, 11) is 2.18. The maximum atomic E-state index is 5.03. The van der Waals surface area contributed by atoms with Gasteiger partial charge in [0.1, 0.15) is 5.84 Å². The largest absolute Gasteiger partial charge is 0.353 e. The van der Waals surface area contributed by atoms with Crippen LogP contribution in [0, 0.1) is 6.92 Å². The quantitative estimate of drug-likeness (QED) is 0.808. The molecule has 0 bridgehead atoms. The van der Waals surface area contributed by atoms with Crippen LogP contribution in [0.25, 0.3) is 0 Å². The van der Waals surface area contributed by atoms with Crippen LogP contribution in [0.5, 0.6) is 0 Å². The molecule has 4 nitrogen and oxygen atoms in total. The monoisotopic (exact) mass is 312 g/mol. The SMILES string of the molecule is Cc1ccc2c(c1)N=C(N1CCN(C)CC1)c1cscc1N2. The molecule has 2 aliphatic rings. The molecule has 0 saturated carbocycles. The molecule has 0 aliphatic carbocycles. The van der Waals surface area contributed by atoms with Gasteiger partial charge in [-0.25, -0.2) is 4.99 Å². The first-order valence-corrected chi connectivity index (χ1v) is 8.61. The fourth-order valence-electron chi connectivity index (χ4n) is 2.99. The Morgan fingerprint density at radius 2 is 1.91 bits per heavy atom. The van der Waals surface area contributed by atoms with E-state index in [2.05, 4.69) is 58.0 Å². The predicted octanol–water partition coefficient (Wildman–Crippen LogP) is 3.44. The van der Waals surface area contributed by atoms with Gasteiger partial charge < -0.3 is 15.1 Å². The van der Waals surface area contributed by atoms with Crippen LogP contribution in [-0.4, -0.2) is 48.9 Å². The fraction of sp³-hybridized carbons (Fsp3) is 0.353. The zero-order valence-electron chi connectivity index (χ0n) is 13.0. The van der Waals surface area contributed by atoms with E-state index in [0.717, 1.165) is 43.4 Å². The van der Waals surface area contributed by atoms with E-state index in [1.54, 1.807) is 11.3 Å². The van der Waals surface area contributed by atoms with Crippen molar-refractivity contribution in [1.82, 2.24) is 9.80 Å². The van der Waals surface area contributed by atoms with Gasteiger partial charge in [-0.15, -0.1) is 11.3 Å². The summed E-state index contributed by atoms with van der Waals surface area (Å²) in [5, 5.41) is 7.93. The summed E-state index contributed by atoms with van der Waals surface area (Å²) in [4.78, 5) is 9.83. The Kier molecular flexibility index (Phi) is 3.39. The van der Waals surface area contributed by atoms with Gasteiger partial charge in [0.05, 0.1) is 22.6 Å². The number of anilines is 2. The van der Waals surface area contributed by atoms with Crippen LogP contribution in [0.3, 0.4) is 0 Å². The molecule has 5 heteroatoms. The number of aliphatic imine (C=N–C) groups is 1. The average molecular weight is 312 g/mol. The third-order valence-corrected chi connectivity index (χ3v) is 5.10. The van der Waals surface area contributed by atoms with Crippen molar-refractivity contribution in [1.29, 1.82) is 0 Å². The number of benzene rings is 1. The maximum Gasteiger partial charge on any atom is 0.139 e. The van der Waals surface area contributed by atoms with E-state index in [1.807, 2.05) is 0 Å². The van der Waals surface area contributed by atoms with Crippen molar-refractivity contribution in [3.63, 3.8) is 0 Å². The molecule has 1 aromatic heterocycles. The molecule has 22 heavy (non-hydrogen) atoms. The van der Waals surface area contributed by atoms with Gasteiger partial charge in [0.25, 0.3) is 0 Å². The van der Waals surface area contributed by atoms with Crippen LogP contribution < -0.4 is 5.32 Å². The van der Waals surface area contributed by atoms with Crippen LogP contribution in [0.15, 0.2) is 34.0 Å². The molecule has 2 aromatic rings. The Balaban J connectivity index is 1.80. The Morgan fingerprint density at radius 1 is 1.09 bits per heavy atom. The maximum absolute atomic E-state index is 5.03. The molecule has 0 unspecified atom stereocenters. The molecule has 0 atom stereocenters. The van der Waals surface area contributed by atoms with Gasteiger partial charge >= 0.3 is 0 Å². The van der Waals surface area contributed by atoms with E-state index in [-0.39, 0.29) is 0 Å². The van der Waals surface area contributed by atoms with Crippen LogP contribution in [0.1, 0.15) is 11.1 Å². The predicted molar refractivity (Wildman–Crippen MR) is 94.0 cm³/mol. The van der Waals surface area contributed by atoms with Crippen LogP contribution in [0.2, 0.25) is 0 Å². The summed E-state index contributed by atoms with van der Waals surface area (Å²) < 4.78 is 0. The number of aryl methyl sites for hydroxylation is 1. The van der Waals surface area contributed by atoms with Crippen molar-refractivity contribution >= 4 is 34.2 Å². The highest BCUT2D eigenvalue weighted by atomic mass is 32.1. The molecule has 1 aromatic carbocycles. The van der Waals surface area contributed by atoms with Crippen molar-refractivity contribution < 1.29 is 0 Å². The number of piperazine rings is 1. The van der Waals surface area contributed by atoms with Crippen LogP contribution in [0.4, 0.5) is 17.1 Å². The molecular weight excluding hydrogens is 292 g/mol. The first-order valence-electron chi connectivity index (χ1n) is 7.67. The lowest BCUT2D eigenvalue weighted by Crippen LogP contribution is -2.47. The van der Waals surface area contributed by atoms with Gasteiger partial charge in [-0.2, -0.15) is 0 Å². The molecule has 2 aliphatic heterocycles.